The molecule has 5 unspecified atom stereocenters. The predicted molar refractivity (Wildman–Crippen MR) is 127 cm³/mol. The van der Waals surface area contributed by atoms with Crippen LogP contribution in [0.15, 0.2) is 30.3 Å². The lowest BCUT2D eigenvalue weighted by molar-refractivity contribution is -0.134. The second-order valence-corrected chi connectivity index (χ2v) is 11.6. The van der Waals surface area contributed by atoms with Gasteiger partial charge in [-0.15, -0.1) is 0 Å². The lowest BCUT2D eigenvalue weighted by Crippen LogP contribution is -2.48. The Balaban J connectivity index is 1.45. The molecule has 1 aromatic rings. The molecule has 1 aromatic carbocycles. The fourth-order valence-electron chi connectivity index (χ4n) is 9.07. The summed E-state index contributed by atoms with van der Waals surface area (Å²) in [5.41, 5.74) is 7.83. The summed E-state index contributed by atoms with van der Waals surface area (Å²) in [7, 11) is 0. The lowest BCUT2D eigenvalue weighted by atomic mass is 9.55. The summed E-state index contributed by atoms with van der Waals surface area (Å²) in [5, 5.41) is 3.60. The van der Waals surface area contributed by atoms with Crippen LogP contribution < -0.4 is 11.1 Å². The van der Waals surface area contributed by atoms with Crippen LogP contribution in [-0.4, -0.2) is 18.5 Å². The van der Waals surface area contributed by atoms with E-state index in [0.29, 0.717) is 35.1 Å². The summed E-state index contributed by atoms with van der Waals surface area (Å²) >= 11 is 0. The van der Waals surface area contributed by atoms with Crippen LogP contribution in [0.1, 0.15) is 90.0 Å². The molecule has 0 spiro atoms. The van der Waals surface area contributed by atoms with Gasteiger partial charge in [0.2, 0.25) is 5.91 Å². The Morgan fingerprint density at radius 3 is 2.45 bits per heavy atom. The Morgan fingerprint density at radius 1 is 1.06 bits per heavy atom. The smallest absolute Gasteiger partial charge is 0.226 e. The first-order valence-electron chi connectivity index (χ1n) is 13.1. The molecular weight excluding hydrogens is 380 g/mol. The average molecular weight is 423 g/mol. The van der Waals surface area contributed by atoms with E-state index >= 15 is 0 Å². The van der Waals surface area contributed by atoms with Crippen molar-refractivity contribution >= 4 is 5.91 Å². The van der Waals surface area contributed by atoms with Crippen molar-refractivity contribution < 1.29 is 4.79 Å². The monoisotopic (exact) mass is 422 g/mol. The van der Waals surface area contributed by atoms with Crippen molar-refractivity contribution in [1.29, 1.82) is 0 Å². The maximum Gasteiger partial charge on any atom is 0.226 e. The van der Waals surface area contributed by atoms with Gasteiger partial charge >= 0.3 is 0 Å². The molecule has 4 bridgehead atoms. The Kier molecular flexibility index (Phi) is 5.48. The first-order valence-corrected chi connectivity index (χ1v) is 13.1. The van der Waals surface area contributed by atoms with E-state index in [1.165, 1.54) is 50.5 Å². The largest absolute Gasteiger partial charge is 0.353 e. The molecule has 31 heavy (non-hydrogen) atoms. The molecule has 6 rings (SSSR count). The van der Waals surface area contributed by atoms with Crippen LogP contribution in [0.3, 0.4) is 0 Å². The van der Waals surface area contributed by atoms with Crippen molar-refractivity contribution in [1.82, 2.24) is 5.32 Å². The molecule has 3 nitrogen and oxygen atoms in total. The van der Waals surface area contributed by atoms with Crippen molar-refractivity contribution in [2.75, 3.05) is 6.54 Å². The van der Waals surface area contributed by atoms with Gasteiger partial charge in [0.05, 0.1) is 5.41 Å². The van der Waals surface area contributed by atoms with Gasteiger partial charge in [0.25, 0.3) is 0 Å². The number of amides is 1. The van der Waals surface area contributed by atoms with E-state index < -0.39 is 0 Å². The standard InChI is InChI=1S/C28H42N2O/c1-3-14-27(4-2)22-15-26(21-8-6-5-7-9-21)17-24(27)28(16-22,19-26)25(31)30-23-12-10-20(18-29)11-13-23/h5-9,20,22-24H,3-4,10-19,29H2,1-2H3,(H,30,31). The molecule has 0 saturated heterocycles. The Labute approximate surface area is 188 Å². The minimum Gasteiger partial charge on any atom is -0.353 e. The maximum atomic E-state index is 14.1. The highest BCUT2D eigenvalue weighted by atomic mass is 16.2. The van der Waals surface area contributed by atoms with Crippen molar-refractivity contribution in [2.45, 2.75) is 95.9 Å². The Bertz CT molecular complexity index is 800. The molecule has 5 aliphatic carbocycles. The fourth-order valence-corrected chi connectivity index (χ4v) is 9.07. The number of carbonyl (C=O) groups is 1. The number of rotatable bonds is 7. The molecule has 3 heteroatoms. The molecule has 0 aliphatic heterocycles. The Hall–Kier alpha value is -1.35. The minimum absolute atomic E-state index is 0.144. The zero-order valence-electron chi connectivity index (χ0n) is 19.7. The third-order valence-corrected chi connectivity index (χ3v) is 10.4. The third-order valence-electron chi connectivity index (χ3n) is 10.4. The van der Waals surface area contributed by atoms with Crippen LogP contribution in [0.4, 0.5) is 0 Å². The highest BCUT2D eigenvalue weighted by molar-refractivity contribution is 5.85. The van der Waals surface area contributed by atoms with Gasteiger partial charge in [0, 0.05) is 6.04 Å². The molecule has 3 N–H and O–H groups in total. The number of nitrogens with one attached hydrogen (secondary N) is 1. The zero-order chi connectivity index (χ0) is 21.7. The van der Waals surface area contributed by atoms with Crippen LogP contribution in [0.5, 0.6) is 0 Å². The molecule has 0 heterocycles. The topological polar surface area (TPSA) is 55.1 Å². The second-order valence-electron chi connectivity index (χ2n) is 11.6. The van der Waals surface area contributed by atoms with Gasteiger partial charge in [-0.2, -0.15) is 0 Å². The molecule has 5 fully saturated rings. The molecule has 0 aromatic heterocycles. The van der Waals surface area contributed by atoms with Gasteiger partial charge in [0.1, 0.15) is 0 Å². The van der Waals surface area contributed by atoms with E-state index in [-0.39, 0.29) is 10.8 Å². The van der Waals surface area contributed by atoms with Gasteiger partial charge in [-0.05, 0) is 105 Å². The molecule has 5 saturated carbocycles. The summed E-state index contributed by atoms with van der Waals surface area (Å²) in [4.78, 5) is 14.1. The van der Waals surface area contributed by atoms with Crippen LogP contribution in [0, 0.1) is 28.6 Å². The number of carbonyl (C=O) groups excluding carboxylic acids is 1. The van der Waals surface area contributed by atoms with Crippen LogP contribution in [0.25, 0.3) is 0 Å². The highest BCUT2D eigenvalue weighted by Gasteiger charge is 2.74. The van der Waals surface area contributed by atoms with E-state index in [1.807, 2.05) is 0 Å². The number of hydrogen-bond donors (Lipinski definition) is 2. The van der Waals surface area contributed by atoms with Crippen molar-refractivity contribution in [3.63, 3.8) is 0 Å². The quantitative estimate of drug-likeness (QED) is 0.603. The van der Waals surface area contributed by atoms with Crippen molar-refractivity contribution in [3.8, 4) is 0 Å². The molecule has 5 aliphatic rings. The second kappa shape index (κ2) is 7.90. The van der Waals surface area contributed by atoms with E-state index in [4.69, 9.17) is 5.73 Å². The summed E-state index contributed by atoms with van der Waals surface area (Å²) in [6.07, 6.45) is 13.0. The van der Waals surface area contributed by atoms with E-state index in [1.54, 1.807) is 0 Å². The van der Waals surface area contributed by atoms with Crippen molar-refractivity contribution in [3.05, 3.63) is 35.9 Å². The summed E-state index contributed by atoms with van der Waals surface area (Å²) < 4.78 is 0. The summed E-state index contributed by atoms with van der Waals surface area (Å²) in [5.74, 6) is 2.30. The van der Waals surface area contributed by atoms with Gasteiger partial charge in [0.15, 0.2) is 0 Å². The van der Waals surface area contributed by atoms with Gasteiger partial charge < -0.3 is 11.1 Å². The Morgan fingerprint density at radius 2 is 1.81 bits per heavy atom. The number of nitrogens with two attached hydrogens (primary N) is 1. The summed E-state index contributed by atoms with van der Waals surface area (Å²) in [6.45, 7) is 5.54. The molecule has 5 atom stereocenters. The normalized spacial score (nSPS) is 43.3. The van der Waals surface area contributed by atoms with Crippen LogP contribution >= 0.6 is 0 Å². The van der Waals surface area contributed by atoms with Crippen LogP contribution in [-0.2, 0) is 10.2 Å². The van der Waals surface area contributed by atoms with E-state index in [9.17, 15) is 4.79 Å². The zero-order valence-corrected chi connectivity index (χ0v) is 19.7. The molecule has 170 valence electrons. The van der Waals surface area contributed by atoms with Gasteiger partial charge in [-0.25, -0.2) is 0 Å². The first kappa shape index (κ1) is 21.5. The molecule has 0 radical (unpaired) electrons. The average Bonchev–Trinajstić information content (AvgIpc) is 3.17. The minimum atomic E-state index is -0.144. The summed E-state index contributed by atoms with van der Waals surface area (Å²) in [6, 6.07) is 11.5. The third kappa shape index (κ3) is 3.13. The SMILES string of the molecule is CCCC1(CC)C2CC3(c4ccccc4)CC1C(C(=O)NC1CCC(CN)CC1)(C2)C3. The van der Waals surface area contributed by atoms with Crippen molar-refractivity contribution in [2.24, 2.45) is 34.3 Å². The van der Waals surface area contributed by atoms with Crippen LogP contribution in [0.2, 0.25) is 0 Å². The van der Waals surface area contributed by atoms with Gasteiger partial charge in [-0.3, -0.25) is 4.79 Å². The maximum absolute atomic E-state index is 14.1. The number of hydrogen-bond acceptors (Lipinski definition) is 2. The highest BCUT2D eigenvalue weighted by Crippen LogP contribution is 2.78. The van der Waals surface area contributed by atoms with Gasteiger partial charge in [-0.1, -0.05) is 50.6 Å². The predicted octanol–water partition coefficient (Wildman–Crippen LogP) is 5.57. The first-order chi connectivity index (χ1) is 15.0. The lowest BCUT2D eigenvalue weighted by Gasteiger charge is -2.49. The number of benzene rings is 1. The fraction of sp³-hybridized carbons (Fsp3) is 0.750. The molecule has 1 amide bonds. The molecular formula is C28H42N2O. The van der Waals surface area contributed by atoms with E-state index in [0.717, 1.165) is 32.2 Å². The van der Waals surface area contributed by atoms with E-state index in [2.05, 4.69) is 49.5 Å².